The Morgan fingerprint density at radius 3 is 2.50 bits per heavy atom. The molecule has 0 aromatic rings. The van der Waals surface area contributed by atoms with Crippen LogP contribution in [0, 0.1) is 0 Å². The molecular weight excluding hydrogens is 126 g/mol. The van der Waals surface area contributed by atoms with Crippen molar-refractivity contribution in [2.45, 2.75) is 5.37 Å². The Kier molecular flexibility index (Phi) is 3.64. The first-order chi connectivity index (χ1) is 3.72. The second-order valence-corrected chi connectivity index (χ2v) is 2.16. The van der Waals surface area contributed by atoms with Gasteiger partial charge in [0, 0.05) is 0 Å². The number of carbonyl (C=O) groups is 1. The predicted octanol–water partition coefficient (Wildman–Crippen LogP) is -0.193. The molecule has 0 aliphatic carbocycles. The van der Waals surface area contributed by atoms with E-state index in [1.165, 1.54) is 18.9 Å². The van der Waals surface area contributed by atoms with E-state index in [9.17, 15) is 4.79 Å². The highest BCUT2D eigenvalue weighted by atomic mass is 32.2. The van der Waals surface area contributed by atoms with Crippen LogP contribution in [-0.4, -0.2) is 24.7 Å². The van der Waals surface area contributed by atoms with Crippen molar-refractivity contribution in [1.82, 2.24) is 0 Å². The van der Waals surface area contributed by atoms with Gasteiger partial charge in [-0.3, -0.25) is 0 Å². The molecule has 48 valence electrons. The number of hydrogen-bond donors (Lipinski definition) is 1. The third-order valence-electron chi connectivity index (χ3n) is 0.687. The summed E-state index contributed by atoms with van der Waals surface area (Å²) < 4.78 is 4.32. The molecule has 1 atom stereocenters. The van der Waals surface area contributed by atoms with Gasteiger partial charge in [-0.25, -0.2) is 4.79 Å². The molecule has 0 spiro atoms. The average Bonchev–Trinajstić information content (AvgIpc) is 1.84. The molecule has 0 aliphatic rings. The minimum atomic E-state index is -0.528. The van der Waals surface area contributed by atoms with Crippen molar-refractivity contribution in [2.24, 2.45) is 5.73 Å². The summed E-state index contributed by atoms with van der Waals surface area (Å²) in [5.41, 5.74) is 5.22. The van der Waals surface area contributed by atoms with Crippen molar-refractivity contribution in [3.8, 4) is 0 Å². The summed E-state index contributed by atoms with van der Waals surface area (Å²) in [6.07, 6.45) is 1.75. The van der Waals surface area contributed by atoms with E-state index in [1.807, 2.05) is 0 Å². The molecule has 0 radical (unpaired) electrons. The Bertz CT molecular complexity index is 86.1. The number of ether oxygens (including phenoxy) is 1. The van der Waals surface area contributed by atoms with Crippen LogP contribution in [0.1, 0.15) is 0 Å². The van der Waals surface area contributed by atoms with Crippen molar-refractivity contribution < 1.29 is 9.53 Å². The lowest BCUT2D eigenvalue weighted by atomic mass is 10.7. The molecule has 0 amide bonds. The zero-order chi connectivity index (χ0) is 6.57. The number of nitrogens with two attached hydrogens (primary N) is 1. The van der Waals surface area contributed by atoms with E-state index in [1.54, 1.807) is 6.26 Å². The number of carbonyl (C=O) groups excluding carboxylic acids is 1. The third kappa shape index (κ3) is 2.18. The Balaban J connectivity index is 3.46. The maximum Gasteiger partial charge on any atom is 0.333 e. The summed E-state index contributed by atoms with van der Waals surface area (Å²) in [6.45, 7) is 0. The fraction of sp³-hybridized carbons (Fsp3) is 0.750. The monoisotopic (exact) mass is 135 g/mol. The molecule has 0 unspecified atom stereocenters. The number of hydrogen-bond acceptors (Lipinski definition) is 4. The Morgan fingerprint density at radius 2 is 2.38 bits per heavy atom. The average molecular weight is 135 g/mol. The molecular formula is C4H9NO2S. The van der Waals surface area contributed by atoms with E-state index in [0.717, 1.165) is 0 Å². The molecule has 0 aromatic heterocycles. The van der Waals surface area contributed by atoms with Crippen molar-refractivity contribution in [1.29, 1.82) is 0 Å². The van der Waals surface area contributed by atoms with Crippen molar-refractivity contribution in [2.75, 3.05) is 13.4 Å². The van der Waals surface area contributed by atoms with Gasteiger partial charge < -0.3 is 10.5 Å². The maximum atomic E-state index is 10.4. The molecule has 0 bridgehead atoms. The standard InChI is InChI=1S/C4H9NO2S/c1-7-4(6)3(5)8-2/h3H,5H2,1-2H3/t3-/m0/s1. The lowest BCUT2D eigenvalue weighted by Crippen LogP contribution is -2.27. The van der Waals surface area contributed by atoms with E-state index >= 15 is 0 Å². The van der Waals surface area contributed by atoms with Crippen LogP contribution in [0.2, 0.25) is 0 Å². The summed E-state index contributed by atoms with van der Waals surface area (Å²) >= 11 is 1.26. The summed E-state index contributed by atoms with van der Waals surface area (Å²) in [4.78, 5) is 10.4. The normalized spacial score (nSPS) is 12.9. The maximum absolute atomic E-state index is 10.4. The van der Waals surface area contributed by atoms with Gasteiger partial charge in [0.15, 0.2) is 0 Å². The SMILES string of the molecule is COC(=O)[C@@H](N)SC. The first kappa shape index (κ1) is 7.78. The van der Waals surface area contributed by atoms with Crippen LogP contribution in [0.5, 0.6) is 0 Å². The van der Waals surface area contributed by atoms with Crippen LogP contribution in [0.15, 0.2) is 0 Å². The van der Waals surface area contributed by atoms with Gasteiger partial charge in [-0.1, -0.05) is 0 Å². The topological polar surface area (TPSA) is 52.3 Å². The molecule has 0 fully saturated rings. The van der Waals surface area contributed by atoms with Crippen molar-refractivity contribution >= 4 is 17.7 Å². The highest BCUT2D eigenvalue weighted by Crippen LogP contribution is 1.99. The first-order valence-corrected chi connectivity index (χ1v) is 3.37. The number of esters is 1. The Morgan fingerprint density at radius 1 is 1.88 bits per heavy atom. The van der Waals surface area contributed by atoms with Gasteiger partial charge in [-0.15, -0.1) is 11.8 Å². The molecule has 0 aromatic carbocycles. The summed E-state index contributed by atoms with van der Waals surface area (Å²) in [6, 6.07) is 0. The van der Waals surface area contributed by atoms with Gasteiger partial charge in [0.25, 0.3) is 0 Å². The second-order valence-electron chi connectivity index (χ2n) is 1.18. The quantitative estimate of drug-likeness (QED) is 0.421. The van der Waals surface area contributed by atoms with Crippen LogP contribution in [0.4, 0.5) is 0 Å². The van der Waals surface area contributed by atoms with Crippen molar-refractivity contribution in [3.05, 3.63) is 0 Å². The van der Waals surface area contributed by atoms with Crippen LogP contribution < -0.4 is 5.73 Å². The van der Waals surface area contributed by atoms with Crippen LogP contribution in [-0.2, 0) is 9.53 Å². The molecule has 0 saturated heterocycles. The van der Waals surface area contributed by atoms with E-state index in [0.29, 0.717) is 0 Å². The van der Waals surface area contributed by atoms with Gasteiger partial charge >= 0.3 is 5.97 Å². The largest absolute Gasteiger partial charge is 0.467 e. The van der Waals surface area contributed by atoms with E-state index in [2.05, 4.69) is 4.74 Å². The third-order valence-corrected chi connectivity index (χ3v) is 1.39. The number of rotatable bonds is 2. The lowest BCUT2D eigenvalue weighted by Gasteiger charge is -2.02. The fourth-order valence-corrected chi connectivity index (χ4v) is 0.501. The zero-order valence-electron chi connectivity index (χ0n) is 4.88. The molecule has 0 rings (SSSR count). The molecule has 0 saturated carbocycles. The van der Waals surface area contributed by atoms with Crippen LogP contribution in [0.3, 0.4) is 0 Å². The van der Waals surface area contributed by atoms with Gasteiger partial charge in [0.2, 0.25) is 0 Å². The van der Waals surface area contributed by atoms with Gasteiger partial charge in [0.1, 0.15) is 5.37 Å². The lowest BCUT2D eigenvalue weighted by molar-refractivity contribution is -0.139. The van der Waals surface area contributed by atoms with E-state index in [-0.39, 0.29) is 5.97 Å². The summed E-state index contributed by atoms with van der Waals surface area (Å²) in [5.74, 6) is -0.377. The summed E-state index contributed by atoms with van der Waals surface area (Å²) in [7, 11) is 1.32. The fourth-order valence-electron chi connectivity index (χ4n) is 0.212. The second kappa shape index (κ2) is 3.74. The molecule has 2 N–H and O–H groups in total. The Hall–Kier alpha value is -0.220. The van der Waals surface area contributed by atoms with Gasteiger partial charge in [0.05, 0.1) is 7.11 Å². The van der Waals surface area contributed by atoms with Crippen LogP contribution in [0.25, 0.3) is 0 Å². The van der Waals surface area contributed by atoms with Crippen LogP contribution >= 0.6 is 11.8 Å². The molecule has 8 heavy (non-hydrogen) atoms. The highest BCUT2D eigenvalue weighted by Gasteiger charge is 2.09. The Labute approximate surface area is 52.6 Å². The van der Waals surface area contributed by atoms with Gasteiger partial charge in [-0.05, 0) is 6.26 Å². The highest BCUT2D eigenvalue weighted by molar-refractivity contribution is 7.99. The summed E-state index contributed by atoms with van der Waals surface area (Å²) in [5, 5.41) is -0.528. The van der Waals surface area contributed by atoms with E-state index in [4.69, 9.17) is 5.73 Å². The van der Waals surface area contributed by atoms with Crippen molar-refractivity contribution in [3.63, 3.8) is 0 Å². The minimum Gasteiger partial charge on any atom is -0.467 e. The number of methoxy groups -OCH3 is 1. The number of thioether (sulfide) groups is 1. The molecule has 0 heterocycles. The smallest absolute Gasteiger partial charge is 0.333 e. The molecule has 3 nitrogen and oxygen atoms in total. The minimum absolute atomic E-state index is 0.377. The van der Waals surface area contributed by atoms with E-state index < -0.39 is 5.37 Å². The predicted molar refractivity (Wildman–Crippen MR) is 33.5 cm³/mol. The molecule has 0 aliphatic heterocycles. The first-order valence-electron chi connectivity index (χ1n) is 2.08. The molecule has 4 heteroatoms. The van der Waals surface area contributed by atoms with Gasteiger partial charge in [-0.2, -0.15) is 0 Å². The zero-order valence-corrected chi connectivity index (χ0v) is 5.70.